The lowest BCUT2D eigenvalue weighted by atomic mass is 9.99. The van der Waals surface area contributed by atoms with Crippen molar-refractivity contribution < 1.29 is 17.9 Å². The molecular formula is C21H34N2O4S. The van der Waals surface area contributed by atoms with E-state index in [1.165, 1.54) is 5.56 Å². The monoisotopic (exact) mass is 410 g/mol. The Morgan fingerprint density at radius 2 is 1.89 bits per heavy atom. The molecule has 1 aromatic carbocycles. The molecule has 2 aliphatic heterocycles. The second-order valence-corrected chi connectivity index (χ2v) is 9.77. The zero-order chi connectivity index (χ0) is 20.0. The number of hydrogen-bond donors (Lipinski definition) is 0. The average Bonchev–Trinajstić information content (AvgIpc) is 3.24. The summed E-state index contributed by atoms with van der Waals surface area (Å²) in [7, 11) is -3.41. The Balaban J connectivity index is 1.44. The fraction of sp³-hybridized carbons (Fsp3) is 0.714. The van der Waals surface area contributed by atoms with E-state index < -0.39 is 10.0 Å². The van der Waals surface area contributed by atoms with Crippen LogP contribution >= 0.6 is 0 Å². The highest BCUT2D eigenvalue weighted by Gasteiger charge is 2.28. The number of ether oxygens (including phenoxy) is 2. The molecule has 0 saturated carbocycles. The Morgan fingerprint density at radius 3 is 2.50 bits per heavy atom. The van der Waals surface area contributed by atoms with Gasteiger partial charge in [0.05, 0.1) is 24.2 Å². The first-order valence-corrected chi connectivity index (χ1v) is 12.0. The zero-order valence-electron chi connectivity index (χ0n) is 17.2. The molecule has 2 heterocycles. The van der Waals surface area contributed by atoms with Crippen LogP contribution in [0.1, 0.15) is 44.6 Å². The van der Waals surface area contributed by atoms with Crippen LogP contribution in [-0.2, 0) is 19.5 Å². The van der Waals surface area contributed by atoms with Crippen LogP contribution in [0.2, 0.25) is 0 Å². The first-order chi connectivity index (χ1) is 13.5. The number of rotatable bonds is 9. The van der Waals surface area contributed by atoms with E-state index in [1.54, 1.807) is 16.4 Å². The minimum Gasteiger partial charge on any atom is -0.377 e. The predicted molar refractivity (Wildman–Crippen MR) is 110 cm³/mol. The second kappa shape index (κ2) is 10.2. The second-order valence-electron chi connectivity index (χ2n) is 7.83. The predicted octanol–water partition coefficient (Wildman–Crippen LogP) is 2.70. The summed E-state index contributed by atoms with van der Waals surface area (Å²) in [5.74, 6) is 0.447. The lowest BCUT2D eigenvalue weighted by molar-refractivity contribution is 0.00837. The van der Waals surface area contributed by atoms with Crippen molar-refractivity contribution in [1.29, 1.82) is 0 Å². The van der Waals surface area contributed by atoms with Crippen LogP contribution in [0.4, 0.5) is 0 Å². The van der Waals surface area contributed by atoms with Gasteiger partial charge in [-0.1, -0.05) is 26.0 Å². The van der Waals surface area contributed by atoms with E-state index in [9.17, 15) is 8.42 Å². The van der Waals surface area contributed by atoms with Gasteiger partial charge in [0.2, 0.25) is 10.0 Å². The van der Waals surface area contributed by atoms with Crippen LogP contribution < -0.4 is 0 Å². The highest BCUT2D eigenvalue weighted by atomic mass is 32.2. The largest absolute Gasteiger partial charge is 0.377 e. The van der Waals surface area contributed by atoms with Gasteiger partial charge in [-0.2, -0.15) is 4.31 Å². The van der Waals surface area contributed by atoms with Gasteiger partial charge in [-0.25, -0.2) is 8.42 Å². The summed E-state index contributed by atoms with van der Waals surface area (Å²) in [6.45, 7) is 9.87. The summed E-state index contributed by atoms with van der Waals surface area (Å²) < 4.78 is 38.7. The van der Waals surface area contributed by atoms with E-state index in [4.69, 9.17) is 9.47 Å². The number of piperazine rings is 1. The molecule has 0 aromatic heterocycles. The molecule has 6 nitrogen and oxygen atoms in total. The van der Waals surface area contributed by atoms with Gasteiger partial charge >= 0.3 is 0 Å². The molecule has 2 atom stereocenters. The van der Waals surface area contributed by atoms with Gasteiger partial charge in [0.25, 0.3) is 0 Å². The van der Waals surface area contributed by atoms with E-state index >= 15 is 0 Å². The average molecular weight is 411 g/mol. The normalized spacial score (nSPS) is 23.1. The Bertz CT molecular complexity index is 694. The van der Waals surface area contributed by atoms with Gasteiger partial charge in [-0.15, -0.1) is 0 Å². The highest BCUT2D eigenvalue weighted by molar-refractivity contribution is 7.89. The van der Waals surface area contributed by atoms with Crippen molar-refractivity contribution >= 4 is 10.0 Å². The minimum absolute atomic E-state index is 0.258. The van der Waals surface area contributed by atoms with E-state index in [1.807, 2.05) is 12.1 Å². The third-order valence-corrected chi connectivity index (χ3v) is 7.82. The van der Waals surface area contributed by atoms with Crippen molar-refractivity contribution in [2.75, 3.05) is 52.5 Å². The van der Waals surface area contributed by atoms with Gasteiger partial charge in [0.1, 0.15) is 0 Å². The molecule has 0 bridgehead atoms. The molecule has 7 heteroatoms. The lowest BCUT2D eigenvalue weighted by Gasteiger charge is -2.34. The molecule has 3 rings (SSSR count). The molecular weight excluding hydrogens is 376 g/mol. The highest BCUT2D eigenvalue weighted by Crippen LogP contribution is 2.23. The van der Waals surface area contributed by atoms with E-state index in [0.29, 0.717) is 37.1 Å². The van der Waals surface area contributed by atoms with Crippen LogP contribution in [0, 0.1) is 0 Å². The Labute approximate surface area is 169 Å². The van der Waals surface area contributed by atoms with E-state index in [0.717, 1.165) is 45.5 Å². The maximum atomic E-state index is 12.9. The molecule has 0 amide bonds. The summed E-state index contributed by atoms with van der Waals surface area (Å²) in [4.78, 5) is 2.67. The van der Waals surface area contributed by atoms with Crippen LogP contribution in [0.3, 0.4) is 0 Å². The topological polar surface area (TPSA) is 59.1 Å². The summed E-state index contributed by atoms with van der Waals surface area (Å²) in [6, 6.07) is 7.40. The molecule has 158 valence electrons. The SMILES string of the molecule is CCC(C)c1ccc(S(=O)(=O)N2CCN(CCOCC3CCCO3)CC2)cc1. The van der Waals surface area contributed by atoms with Crippen molar-refractivity contribution in [2.24, 2.45) is 0 Å². The lowest BCUT2D eigenvalue weighted by Crippen LogP contribution is -2.49. The van der Waals surface area contributed by atoms with Gasteiger partial charge in [0.15, 0.2) is 0 Å². The smallest absolute Gasteiger partial charge is 0.243 e. The van der Waals surface area contributed by atoms with Gasteiger partial charge < -0.3 is 9.47 Å². The van der Waals surface area contributed by atoms with Gasteiger partial charge in [0, 0.05) is 39.3 Å². The van der Waals surface area contributed by atoms with Crippen molar-refractivity contribution in [3.05, 3.63) is 29.8 Å². The summed E-state index contributed by atoms with van der Waals surface area (Å²) in [5, 5.41) is 0. The fourth-order valence-corrected chi connectivity index (χ4v) is 5.15. The first kappa shape index (κ1) is 21.7. The van der Waals surface area contributed by atoms with Crippen molar-refractivity contribution in [3.63, 3.8) is 0 Å². The van der Waals surface area contributed by atoms with Crippen LogP contribution in [0.5, 0.6) is 0 Å². The van der Waals surface area contributed by atoms with Crippen molar-refractivity contribution in [2.45, 2.75) is 50.0 Å². The third-order valence-electron chi connectivity index (χ3n) is 5.91. The third kappa shape index (κ3) is 5.54. The summed E-state index contributed by atoms with van der Waals surface area (Å²) in [6.07, 6.45) is 3.53. The minimum atomic E-state index is -3.41. The van der Waals surface area contributed by atoms with Crippen LogP contribution in [0.15, 0.2) is 29.2 Å². The van der Waals surface area contributed by atoms with Crippen LogP contribution in [-0.4, -0.2) is 76.3 Å². The molecule has 0 radical (unpaired) electrons. The molecule has 1 aromatic rings. The Kier molecular flexibility index (Phi) is 7.88. The first-order valence-electron chi connectivity index (χ1n) is 10.5. The maximum absolute atomic E-state index is 12.9. The number of sulfonamides is 1. The number of hydrogen-bond acceptors (Lipinski definition) is 5. The van der Waals surface area contributed by atoms with Gasteiger partial charge in [-0.05, 0) is 42.9 Å². The molecule has 2 saturated heterocycles. The number of nitrogens with zero attached hydrogens (tertiary/aromatic N) is 2. The fourth-order valence-electron chi connectivity index (χ4n) is 3.73. The summed E-state index contributed by atoms with van der Waals surface area (Å²) >= 11 is 0. The van der Waals surface area contributed by atoms with Crippen molar-refractivity contribution in [1.82, 2.24) is 9.21 Å². The Hall–Kier alpha value is -0.990. The molecule has 0 aliphatic carbocycles. The molecule has 0 N–H and O–H groups in total. The summed E-state index contributed by atoms with van der Waals surface area (Å²) in [5.41, 5.74) is 1.19. The molecule has 2 fully saturated rings. The maximum Gasteiger partial charge on any atom is 0.243 e. The van der Waals surface area contributed by atoms with E-state index in [2.05, 4.69) is 18.7 Å². The zero-order valence-corrected chi connectivity index (χ0v) is 18.0. The molecule has 2 aliphatic rings. The van der Waals surface area contributed by atoms with Crippen molar-refractivity contribution in [3.8, 4) is 0 Å². The molecule has 0 spiro atoms. The van der Waals surface area contributed by atoms with E-state index in [-0.39, 0.29) is 6.10 Å². The molecule has 28 heavy (non-hydrogen) atoms. The number of benzene rings is 1. The standard InChI is InChI=1S/C21H34N2O4S/c1-3-18(2)19-6-8-21(9-7-19)28(24,25)23-12-10-22(11-13-23)14-16-26-17-20-5-4-15-27-20/h6-9,18,20H,3-5,10-17H2,1-2H3. The quantitative estimate of drug-likeness (QED) is 0.586. The Morgan fingerprint density at radius 1 is 1.18 bits per heavy atom. The molecule has 2 unspecified atom stereocenters. The van der Waals surface area contributed by atoms with Gasteiger partial charge in [-0.3, -0.25) is 4.90 Å². The van der Waals surface area contributed by atoms with Crippen LogP contribution in [0.25, 0.3) is 0 Å².